The van der Waals surface area contributed by atoms with Gasteiger partial charge in [0.25, 0.3) is 0 Å². The molecule has 0 N–H and O–H groups in total. The van der Waals surface area contributed by atoms with Crippen LogP contribution in [0.2, 0.25) is 0 Å². The third-order valence-corrected chi connectivity index (χ3v) is 4.80. The maximum atomic E-state index is 13.2. The summed E-state index contributed by atoms with van der Waals surface area (Å²) in [6.45, 7) is 4.89. The van der Waals surface area contributed by atoms with Crippen LogP contribution >= 0.6 is 0 Å². The van der Waals surface area contributed by atoms with Gasteiger partial charge in [-0.05, 0) is 53.4 Å². The fourth-order valence-electron chi connectivity index (χ4n) is 3.27. The Hall–Kier alpha value is -2.89. The average molecular weight is 398 g/mol. The third kappa shape index (κ3) is 5.79. The van der Waals surface area contributed by atoms with E-state index in [1.807, 2.05) is 38.1 Å². The lowest BCUT2D eigenvalue weighted by Crippen LogP contribution is -2.37. The van der Waals surface area contributed by atoms with E-state index in [2.05, 4.69) is 5.16 Å². The lowest BCUT2D eigenvalue weighted by atomic mass is 10.0. The van der Waals surface area contributed by atoms with Crippen molar-refractivity contribution in [2.24, 2.45) is 11.1 Å². The van der Waals surface area contributed by atoms with Gasteiger partial charge in [0, 0.05) is 19.4 Å². The van der Waals surface area contributed by atoms with E-state index < -0.39 is 0 Å². The van der Waals surface area contributed by atoms with Crippen LogP contribution < -0.4 is 4.74 Å². The van der Waals surface area contributed by atoms with Crippen molar-refractivity contribution < 1.29 is 18.8 Å². The molecular formula is C23H27FN2O3. The first-order valence-electron chi connectivity index (χ1n) is 9.84. The predicted molar refractivity (Wildman–Crippen MR) is 110 cm³/mol. The highest BCUT2D eigenvalue weighted by molar-refractivity contribution is 6.01. The van der Waals surface area contributed by atoms with Gasteiger partial charge in [0.05, 0.1) is 19.4 Å². The van der Waals surface area contributed by atoms with Crippen LogP contribution in [0, 0.1) is 11.7 Å². The van der Waals surface area contributed by atoms with Gasteiger partial charge in [0.15, 0.2) is 6.10 Å². The van der Waals surface area contributed by atoms with Crippen molar-refractivity contribution in [1.29, 1.82) is 0 Å². The number of oxime groups is 1. The van der Waals surface area contributed by atoms with E-state index in [1.54, 1.807) is 24.1 Å². The zero-order chi connectivity index (χ0) is 20.8. The fourth-order valence-corrected chi connectivity index (χ4v) is 3.27. The number of hydrogen-bond acceptors (Lipinski definition) is 4. The lowest BCUT2D eigenvalue weighted by molar-refractivity contribution is -0.134. The van der Waals surface area contributed by atoms with Gasteiger partial charge in [-0.2, -0.15) is 0 Å². The van der Waals surface area contributed by atoms with Crippen LogP contribution in [0.1, 0.15) is 37.8 Å². The molecule has 2 aromatic rings. The average Bonchev–Trinajstić information content (AvgIpc) is 3.17. The van der Waals surface area contributed by atoms with Crippen molar-refractivity contribution in [2.75, 3.05) is 13.7 Å². The molecule has 1 amide bonds. The van der Waals surface area contributed by atoms with Crippen molar-refractivity contribution in [2.45, 2.75) is 39.3 Å². The van der Waals surface area contributed by atoms with Gasteiger partial charge >= 0.3 is 0 Å². The van der Waals surface area contributed by atoms with Gasteiger partial charge in [0.2, 0.25) is 5.91 Å². The topological polar surface area (TPSA) is 51.1 Å². The zero-order valence-electron chi connectivity index (χ0n) is 17.1. The molecule has 6 heteroatoms. The monoisotopic (exact) mass is 398 g/mol. The Morgan fingerprint density at radius 3 is 2.52 bits per heavy atom. The Bertz CT molecular complexity index is 847. The summed E-state index contributed by atoms with van der Waals surface area (Å²) in [7, 11) is 1.63. The van der Waals surface area contributed by atoms with Crippen LogP contribution in [0.4, 0.5) is 4.39 Å². The standard InChI is InChI=1S/C23H27FN2O3/c1-16(2)12-23(27)26(14-17-4-8-19(24)9-5-17)15-21-13-22(25-29-21)18-6-10-20(28-3)11-7-18/h4-11,16,21H,12-15H2,1-3H3/t21-/m0/s1. The molecule has 0 radical (unpaired) electrons. The van der Waals surface area contributed by atoms with Crippen LogP contribution in [0.5, 0.6) is 5.75 Å². The van der Waals surface area contributed by atoms with Crippen molar-refractivity contribution in [3.8, 4) is 5.75 Å². The number of amides is 1. The minimum atomic E-state index is -0.287. The highest BCUT2D eigenvalue weighted by atomic mass is 19.1. The number of nitrogens with zero attached hydrogens (tertiary/aromatic N) is 2. The molecule has 1 aliphatic heterocycles. The van der Waals surface area contributed by atoms with E-state index in [-0.39, 0.29) is 23.7 Å². The molecule has 29 heavy (non-hydrogen) atoms. The minimum Gasteiger partial charge on any atom is -0.497 e. The number of methoxy groups -OCH3 is 1. The second-order valence-corrected chi connectivity index (χ2v) is 7.70. The first kappa shape index (κ1) is 20.8. The molecule has 0 spiro atoms. The number of carbonyl (C=O) groups is 1. The molecule has 3 rings (SSSR count). The summed E-state index contributed by atoms with van der Waals surface area (Å²) in [5.41, 5.74) is 2.72. The van der Waals surface area contributed by atoms with Crippen molar-refractivity contribution in [1.82, 2.24) is 4.90 Å². The highest BCUT2D eigenvalue weighted by Crippen LogP contribution is 2.21. The van der Waals surface area contributed by atoms with Crippen LogP contribution in [0.25, 0.3) is 0 Å². The van der Waals surface area contributed by atoms with E-state index in [0.717, 1.165) is 22.6 Å². The van der Waals surface area contributed by atoms with Gasteiger partial charge in [-0.25, -0.2) is 4.39 Å². The maximum absolute atomic E-state index is 13.2. The second-order valence-electron chi connectivity index (χ2n) is 7.70. The molecule has 154 valence electrons. The largest absolute Gasteiger partial charge is 0.497 e. The summed E-state index contributed by atoms with van der Waals surface area (Å²) < 4.78 is 18.4. The minimum absolute atomic E-state index is 0.0609. The van der Waals surface area contributed by atoms with E-state index >= 15 is 0 Å². The van der Waals surface area contributed by atoms with Gasteiger partial charge in [-0.3, -0.25) is 4.79 Å². The molecule has 0 unspecified atom stereocenters. The molecule has 0 aliphatic carbocycles. The predicted octanol–water partition coefficient (Wildman–Crippen LogP) is 4.40. The molecule has 1 atom stereocenters. The van der Waals surface area contributed by atoms with Crippen LogP contribution in [-0.4, -0.2) is 36.3 Å². The molecule has 0 saturated carbocycles. The first-order valence-corrected chi connectivity index (χ1v) is 9.84. The Morgan fingerprint density at radius 1 is 1.21 bits per heavy atom. The summed E-state index contributed by atoms with van der Waals surface area (Å²) >= 11 is 0. The molecule has 5 nitrogen and oxygen atoms in total. The first-order chi connectivity index (χ1) is 13.9. The second kappa shape index (κ2) is 9.54. The van der Waals surface area contributed by atoms with Crippen molar-refractivity contribution >= 4 is 11.6 Å². The van der Waals surface area contributed by atoms with E-state index in [1.165, 1.54) is 12.1 Å². The summed E-state index contributed by atoms with van der Waals surface area (Å²) in [5, 5.41) is 4.22. The molecule has 1 aliphatic rings. The Kier molecular flexibility index (Phi) is 6.86. The normalized spacial score (nSPS) is 15.8. The van der Waals surface area contributed by atoms with Gasteiger partial charge in [-0.1, -0.05) is 31.1 Å². The van der Waals surface area contributed by atoms with Crippen molar-refractivity contribution in [3.63, 3.8) is 0 Å². The third-order valence-electron chi connectivity index (χ3n) is 4.80. The Labute approximate surface area is 171 Å². The molecule has 1 heterocycles. The summed E-state index contributed by atoms with van der Waals surface area (Å²) in [6, 6.07) is 13.9. The maximum Gasteiger partial charge on any atom is 0.223 e. The SMILES string of the molecule is COc1ccc(C2=NO[C@H](CN(Cc3ccc(F)cc3)C(=O)CC(C)C)C2)cc1. The van der Waals surface area contributed by atoms with Gasteiger partial charge in [0.1, 0.15) is 11.6 Å². The molecule has 0 bridgehead atoms. The quantitative estimate of drug-likeness (QED) is 0.662. The molecule has 0 aromatic heterocycles. The lowest BCUT2D eigenvalue weighted by Gasteiger charge is -2.26. The molecular weight excluding hydrogens is 371 g/mol. The highest BCUT2D eigenvalue weighted by Gasteiger charge is 2.27. The van der Waals surface area contributed by atoms with E-state index in [4.69, 9.17) is 9.57 Å². The smallest absolute Gasteiger partial charge is 0.223 e. The zero-order valence-corrected chi connectivity index (χ0v) is 17.1. The van der Waals surface area contributed by atoms with Crippen LogP contribution in [-0.2, 0) is 16.2 Å². The fraction of sp³-hybridized carbons (Fsp3) is 0.391. The van der Waals surface area contributed by atoms with E-state index in [9.17, 15) is 9.18 Å². The number of ether oxygens (including phenoxy) is 1. The molecule has 2 aromatic carbocycles. The number of halogens is 1. The molecule has 0 saturated heterocycles. The molecule has 0 fully saturated rings. The number of carbonyl (C=O) groups excluding carboxylic acids is 1. The Balaban J connectivity index is 1.65. The van der Waals surface area contributed by atoms with Crippen LogP contribution in [0.15, 0.2) is 53.7 Å². The van der Waals surface area contributed by atoms with Crippen LogP contribution in [0.3, 0.4) is 0 Å². The summed E-state index contributed by atoms with van der Waals surface area (Å²) in [4.78, 5) is 20.2. The van der Waals surface area contributed by atoms with E-state index in [0.29, 0.717) is 25.9 Å². The Morgan fingerprint density at radius 2 is 1.90 bits per heavy atom. The summed E-state index contributed by atoms with van der Waals surface area (Å²) in [5.74, 6) is 0.819. The number of rotatable bonds is 8. The van der Waals surface area contributed by atoms with Gasteiger partial charge < -0.3 is 14.5 Å². The van der Waals surface area contributed by atoms with Gasteiger partial charge in [-0.15, -0.1) is 0 Å². The van der Waals surface area contributed by atoms with Crippen molar-refractivity contribution in [3.05, 3.63) is 65.5 Å². The number of hydrogen-bond donors (Lipinski definition) is 0. The number of benzene rings is 2. The summed E-state index contributed by atoms with van der Waals surface area (Å²) in [6.07, 6.45) is 0.880.